The molecule has 15 heavy (non-hydrogen) atoms. The number of halogens is 1. The van der Waals surface area contributed by atoms with E-state index in [2.05, 4.69) is 15.9 Å². The Morgan fingerprint density at radius 1 is 1.40 bits per heavy atom. The van der Waals surface area contributed by atoms with E-state index in [0.717, 1.165) is 11.0 Å². The van der Waals surface area contributed by atoms with Crippen LogP contribution in [0.3, 0.4) is 0 Å². The number of aromatic nitrogens is 2. The van der Waals surface area contributed by atoms with E-state index >= 15 is 0 Å². The van der Waals surface area contributed by atoms with E-state index < -0.39 is 0 Å². The van der Waals surface area contributed by atoms with Gasteiger partial charge in [0, 0.05) is 33.7 Å². The largest absolute Gasteiger partial charge is 0.328 e. The number of aryl methyl sites for hydroxylation is 1. The highest BCUT2D eigenvalue weighted by Crippen LogP contribution is 2.20. The predicted molar refractivity (Wildman–Crippen MR) is 65.5 cm³/mol. The lowest BCUT2D eigenvalue weighted by Crippen LogP contribution is -2.23. The van der Waals surface area contributed by atoms with Crippen LogP contribution >= 0.6 is 27.3 Å². The Morgan fingerprint density at radius 2 is 2.13 bits per heavy atom. The highest BCUT2D eigenvalue weighted by molar-refractivity contribution is 9.10. The summed E-state index contributed by atoms with van der Waals surface area (Å²) in [5, 5.41) is 2.02. The summed E-state index contributed by atoms with van der Waals surface area (Å²) in [6, 6.07) is 2.04. The normalized spacial score (nSPS) is 10.8. The van der Waals surface area contributed by atoms with Crippen molar-refractivity contribution in [2.24, 2.45) is 0 Å². The number of imidazole rings is 1. The molecule has 2 aromatic rings. The molecule has 80 valence electrons. The van der Waals surface area contributed by atoms with Gasteiger partial charge in [0.05, 0.1) is 6.54 Å². The zero-order chi connectivity index (χ0) is 10.8. The van der Waals surface area contributed by atoms with Crippen molar-refractivity contribution in [2.75, 3.05) is 0 Å². The van der Waals surface area contributed by atoms with Crippen LogP contribution in [-0.2, 0) is 13.1 Å². The molecule has 3 nitrogen and oxygen atoms in total. The molecule has 5 heteroatoms. The van der Waals surface area contributed by atoms with Crippen molar-refractivity contribution in [3.8, 4) is 0 Å². The third-order valence-electron chi connectivity index (χ3n) is 2.21. The van der Waals surface area contributed by atoms with Crippen LogP contribution in [0.1, 0.15) is 11.8 Å². The molecular formula is C10H11BrN2OS. The fraction of sp³-hybridized carbons (Fsp3) is 0.300. The monoisotopic (exact) mass is 286 g/mol. The van der Waals surface area contributed by atoms with E-state index in [1.807, 2.05) is 30.8 Å². The fourth-order valence-electron chi connectivity index (χ4n) is 1.42. The van der Waals surface area contributed by atoms with E-state index in [1.165, 1.54) is 4.88 Å². The maximum absolute atomic E-state index is 11.7. The molecule has 0 amide bonds. The molecule has 0 saturated heterocycles. The van der Waals surface area contributed by atoms with Gasteiger partial charge in [0.25, 0.3) is 0 Å². The molecule has 0 aliphatic carbocycles. The van der Waals surface area contributed by atoms with Gasteiger partial charge < -0.3 is 0 Å². The van der Waals surface area contributed by atoms with Crippen LogP contribution in [0.15, 0.2) is 33.1 Å². The molecule has 2 aromatic heterocycles. The average molecular weight is 287 g/mol. The third kappa shape index (κ3) is 2.23. The SMILES string of the molecule is CCn1ccn(Cc2cc(Br)cs2)c1=O. The molecular weight excluding hydrogens is 276 g/mol. The van der Waals surface area contributed by atoms with Crippen LogP contribution in [0.4, 0.5) is 0 Å². The number of thiophene rings is 1. The standard InChI is InChI=1S/C10H11BrN2OS/c1-2-12-3-4-13(10(12)14)6-9-5-8(11)7-15-9/h3-5,7H,2,6H2,1H3. The zero-order valence-corrected chi connectivity index (χ0v) is 10.7. The lowest BCUT2D eigenvalue weighted by molar-refractivity contribution is 0.671. The van der Waals surface area contributed by atoms with Crippen molar-refractivity contribution in [1.29, 1.82) is 0 Å². The van der Waals surface area contributed by atoms with Crippen LogP contribution in [0, 0.1) is 0 Å². The quantitative estimate of drug-likeness (QED) is 0.852. The molecule has 2 rings (SSSR count). The molecule has 0 atom stereocenters. The van der Waals surface area contributed by atoms with Crippen LogP contribution in [0.25, 0.3) is 0 Å². The van der Waals surface area contributed by atoms with Crippen LogP contribution in [-0.4, -0.2) is 9.13 Å². The first-order chi connectivity index (χ1) is 7.20. The summed E-state index contributed by atoms with van der Waals surface area (Å²) in [5.74, 6) is 0. The summed E-state index contributed by atoms with van der Waals surface area (Å²) >= 11 is 5.05. The second kappa shape index (κ2) is 4.37. The molecule has 0 aliphatic rings. The first-order valence-electron chi connectivity index (χ1n) is 4.69. The number of hydrogen-bond donors (Lipinski definition) is 0. The van der Waals surface area contributed by atoms with Gasteiger partial charge >= 0.3 is 5.69 Å². The van der Waals surface area contributed by atoms with Crippen molar-refractivity contribution >= 4 is 27.3 Å². The molecule has 0 aliphatic heterocycles. The molecule has 0 N–H and O–H groups in total. The molecule has 0 bridgehead atoms. The molecule has 0 aromatic carbocycles. The topological polar surface area (TPSA) is 26.9 Å². The van der Waals surface area contributed by atoms with Crippen LogP contribution in [0.5, 0.6) is 0 Å². The van der Waals surface area contributed by atoms with Gasteiger partial charge in [0.1, 0.15) is 0 Å². The third-order valence-corrected chi connectivity index (χ3v) is 3.89. The smallest absolute Gasteiger partial charge is 0.300 e. The summed E-state index contributed by atoms with van der Waals surface area (Å²) < 4.78 is 4.50. The van der Waals surface area contributed by atoms with Gasteiger partial charge in [0.15, 0.2) is 0 Å². The maximum Gasteiger partial charge on any atom is 0.328 e. The number of hydrogen-bond acceptors (Lipinski definition) is 2. The van der Waals surface area contributed by atoms with Gasteiger partial charge in [-0.1, -0.05) is 0 Å². The second-order valence-corrected chi connectivity index (χ2v) is 5.14. The first kappa shape index (κ1) is 10.7. The lowest BCUT2D eigenvalue weighted by atomic mass is 10.4. The molecule has 2 heterocycles. The minimum Gasteiger partial charge on any atom is -0.300 e. The Labute approximate surface area is 100 Å². The lowest BCUT2D eigenvalue weighted by Gasteiger charge is -1.97. The second-order valence-electron chi connectivity index (χ2n) is 3.23. The summed E-state index contributed by atoms with van der Waals surface area (Å²) in [6.07, 6.45) is 3.66. The van der Waals surface area contributed by atoms with E-state index in [0.29, 0.717) is 6.54 Å². The van der Waals surface area contributed by atoms with Crippen molar-refractivity contribution in [1.82, 2.24) is 9.13 Å². The Kier molecular flexibility index (Phi) is 3.11. The Hall–Kier alpha value is -0.810. The van der Waals surface area contributed by atoms with Crippen LogP contribution in [0.2, 0.25) is 0 Å². The Bertz CT molecular complexity index is 511. The highest BCUT2D eigenvalue weighted by Gasteiger charge is 2.03. The fourth-order valence-corrected chi connectivity index (χ4v) is 2.87. The van der Waals surface area contributed by atoms with Crippen molar-refractivity contribution in [3.05, 3.63) is 43.7 Å². The van der Waals surface area contributed by atoms with E-state index in [-0.39, 0.29) is 5.69 Å². The first-order valence-corrected chi connectivity index (χ1v) is 6.36. The predicted octanol–water partition coefficient (Wildman–Crippen LogP) is 2.54. The van der Waals surface area contributed by atoms with Crippen molar-refractivity contribution < 1.29 is 0 Å². The Morgan fingerprint density at radius 3 is 2.67 bits per heavy atom. The number of nitrogens with zero attached hydrogens (tertiary/aromatic N) is 2. The number of rotatable bonds is 3. The summed E-state index contributed by atoms with van der Waals surface area (Å²) in [5.41, 5.74) is 0.0574. The van der Waals surface area contributed by atoms with E-state index in [1.54, 1.807) is 20.5 Å². The molecule has 0 unspecified atom stereocenters. The Balaban J connectivity index is 2.25. The highest BCUT2D eigenvalue weighted by atomic mass is 79.9. The minimum atomic E-state index is 0.0574. The van der Waals surface area contributed by atoms with Gasteiger partial charge in [-0.2, -0.15) is 0 Å². The van der Waals surface area contributed by atoms with Gasteiger partial charge in [-0.25, -0.2) is 4.79 Å². The average Bonchev–Trinajstić information content (AvgIpc) is 2.76. The van der Waals surface area contributed by atoms with Gasteiger partial charge in [0.2, 0.25) is 0 Å². The minimum absolute atomic E-state index is 0.0574. The van der Waals surface area contributed by atoms with Gasteiger partial charge in [-0.3, -0.25) is 9.13 Å². The van der Waals surface area contributed by atoms with Gasteiger partial charge in [-0.15, -0.1) is 11.3 Å². The van der Waals surface area contributed by atoms with Gasteiger partial charge in [-0.05, 0) is 28.9 Å². The van der Waals surface area contributed by atoms with Crippen LogP contribution < -0.4 is 5.69 Å². The molecule has 0 fully saturated rings. The summed E-state index contributed by atoms with van der Waals surface area (Å²) in [4.78, 5) is 12.9. The molecule has 0 radical (unpaired) electrons. The van der Waals surface area contributed by atoms with E-state index in [9.17, 15) is 4.79 Å². The zero-order valence-electron chi connectivity index (χ0n) is 8.31. The van der Waals surface area contributed by atoms with Crippen molar-refractivity contribution in [2.45, 2.75) is 20.0 Å². The summed E-state index contributed by atoms with van der Waals surface area (Å²) in [7, 11) is 0. The molecule has 0 saturated carbocycles. The van der Waals surface area contributed by atoms with Crippen molar-refractivity contribution in [3.63, 3.8) is 0 Å². The maximum atomic E-state index is 11.7. The van der Waals surface area contributed by atoms with E-state index in [4.69, 9.17) is 0 Å². The summed E-state index contributed by atoms with van der Waals surface area (Å²) in [6.45, 7) is 3.34. The molecule has 0 spiro atoms.